The second-order valence-electron chi connectivity index (χ2n) is 4.84. The molecule has 0 fully saturated rings. The SMILES string of the molecule is O=C(Cc1ccc(CO)cc1)Cc1ccc(CO)cc1. The predicted octanol–water partition coefficient (Wildman–Crippen LogP) is 2.03. The summed E-state index contributed by atoms with van der Waals surface area (Å²) in [4.78, 5) is 12.0. The molecular weight excluding hydrogens is 252 g/mol. The number of aliphatic hydroxyl groups is 2. The summed E-state index contributed by atoms with van der Waals surface area (Å²) in [6.07, 6.45) is 0.793. The highest BCUT2D eigenvalue weighted by Gasteiger charge is 2.05. The zero-order chi connectivity index (χ0) is 14.4. The van der Waals surface area contributed by atoms with Crippen LogP contribution < -0.4 is 0 Å². The Kier molecular flexibility index (Phi) is 5.04. The van der Waals surface area contributed by atoms with Gasteiger partial charge < -0.3 is 10.2 Å². The van der Waals surface area contributed by atoms with Crippen LogP contribution in [0, 0.1) is 0 Å². The van der Waals surface area contributed by atoms with Crippen LogP contribution in [0.3, 0.4) is 0 Å². The molecule has 0 radical (unpaired) electrons. The second kappa shape index (κ2) is 6.98. The number of hydrogen-bond donors (Lipinski definition) is 2. The van der Waals surface area contributed by atoms with Crippen LogP contribution in [0.5, 0.6) is 0 Å². The fraction of sp³-hybridized carbons (Fsp3) is 0.235. The van der Waals surface area contributed by atoms with Crippen LogP contribution in [0.4, 0.5) is 0 Å². The Balaban J connectivity index is 1.93. The molecule has 0 aromatic heterocycles. The van der Waals surface area contributed by atoms with Gasteiger partial charge in [-0.15, -0.1) is 0 Å². The molecule has 2 aromatic rings. The normalized spacial score (nSPS) is 10.5. The number of hydrogen-bond acceptors (Lipinski definition) is 3. The average molecular weight is 270 g/mol. The summed E-state index contributed by atoms with van der Waals surface area (Å²) in [5, 5.41) is 17.9. The van der Waals surface area contributed by atoms with Gasteiger partial charge in [0.15, 0.2) is 0 Å². The minimum Gasteiger partial charge on any atom is -0.392 e. The van der Waals surface area contributed by atoms with Crippen LogP contribution in [0.15, 0.2) is 48.5 Å². The second-order valence-corrected chi connectivity index (χ2v) is 4.84. The molecule has 0 saturated carbocycles. The summed E-state index contributed by atoms with van der Waals surface area (Å²) < 4.78 is 0. The molecule has 0 heterocycles. The molecule has 2 aromatic carbocycles. The third-order valence-electron chi connectivity index (χ3n) is 3.21. The van der Waals surface area contributed by atoms with Crippen molar-refractivity contribution in [2.45, 2.75) is 26.1 Å². The van der Waals surface area contributed by atoms with Gasteiger partial charge in [0.2, 0.25) is 0 Å². The van der Waals surface area contributed by atoms with E-state index < -0.39 is 0 Å². The summed E-state index contributed by atoms with van der Waals surface area (Å²) in [5.74, 6) is 0.151. The van der Waals surface area contributed by atoms with Crippen molar-refractivity contribution in [2.24, 2.45) is 0 Å². The number of ketones is 1. The minimum absolute atomic E-state index is 0.0193. The lowest BCUT2D eigenvalue weighted by Crippen LogP contribution is -2.06. The third kappa shape index (κ3) is 4.02. The summed E-state index contributed by atoms with van der Waals surface area (Å²) in [6, 6.07) is 14.8. The Hall–Kier alpha value is -1.97. The predicted molar refractivity (Wildman–Crippen MR) is 77.1 cm³/mol. The van der Waals surface area contributed by atoms with Crippen molar-refractivity contribution in [3.63, 3.8) is 0 Å². The third-order valence-corrected chi connectivity index (χ3v) is 3.21. The fourth-order valence-electron chi connectivity index (χ4n) is 2.04. The molecule has 0 spiro atoms. The van der Waals surface area contributed by atoms with E-state index in [4.69, 9.17) is 10.2 Å². The maximum atomic E-state index is 12.0. The highest BCUT2D eigenvalue weighted by molar-refractivity contribution is 5.83. The van der Waals surface area contributed by atoms with Crippen molar-refractivity contribution >= 4 is 5.78 Å². The minimum atomic E-state index is 0.0193. The van der Waals surface area contributed by atoms with Crippen LogP contribution in [0.1, 0.15) is 22.3 Å². The number of rotatable bonds is 6. The van der Waals surface area contributed by atoms with Crippen molar-refractivity contribution in [3.8, 4) is 0 Å². The Morgan fingerprint density at radius 1 is 0.650 bits per heavy atom. The van der Waals surface area contributed by atoms with Gasteiger partial charge in [-0.05, 0) is 22.3 Å². The summed E-state index contributed by atoms with van der Waals surface area (Å²) in [6.45, 7) is 0.0386. The topological polar surface area (TPSA) is 57.5 Å². The Morgan fingerprint density at radius 3 is 1.25 bits per heavy atom. The van der Waals surface area contributed by atoms with Gasteiger partial charge in [-0.1, -0.05) is 48.5 Å². The fourth-order valence-corrected chi connectivity index (χ4v) is 2.04. The van der Waals surface area contributed by atoms with E-state index in [2.05, 4.69) is 0 Å². The largest absolute Gasteiger partial charge is 0.392 e. The van der Waals surface area contributed by atoms with E-state index in [0.717, 1.165) is 22.3 Å². The standard InChI is InChI=1S/C17H18O3/c18-11-15-5-1-13(2-6-15)9-17(20)10-14-3-7-16(12-19)8-4-14/h1-8,18-19H,9-12H2. The van der Waals surface area contributed by atoms with Gasteiger partial charge in [0.25, 0.3) is 0 Å². The van der Waals surface area contributed by atoms with Gasteiger partial charge in [0, 0.05) is 12.8 Å². The van der Waals surface area contributed by atoms with Crippen molar-refractivity contribution in [3.05, 3.63) is 70.8 Å². The molecule has 0 aliphatic rings. The zero-order valence-corrected chi connectivity index (χ0v) is 11.2. The van der Waals surface area contributed by atoms with Crippen LogP contribution in [-0.4, -0.2) is 16.0 Å². The highest BCUT2D eigenvalue weighted by Crippen LogP contribution is 2.09. The smallest absolute Gasteiger partial charge is 0.141 e. The summed E-state index contributed by atoms with van der Waals surface area (Å²) >= 11 is 0. The van der Waals surface area contributed by atoms with E-state index in [1.165, 1.54) is 0 Å². The maximum Gasteiger partial charge on any atom is 0.141 e. The maximum absolute atomic E-state index is 12.0. The van der Waals surface area contributed by atoms with Crippen molar-refractivity contribution in [2.75, 3.05) is 0 Å². The molecule has 0 saturated heterocycles. The average Bonchev–Trinajstić information content (AvgIpc) is 2.49. The van der Waals surface area contributed by atoms with Crippen molar-refractivity contribution < 1.29 is 15.0 Å². The Morgan fingerprint density at radius 2 is 0.950 bits per heavy atom. The van der Waals surface area contributed by atoms with Crippen LogP contribution in [0.2, 0.25) is 0 Å². The van der Waals surface area contributed by atoms with Crippen molar-refractivity contribution in [1.29, 1.82) is 0 Å². The lowest BCUT2D eigenvalue weighted by atomic mass is 10.0. The number of Topliss-reactive ketones (excluding diaryl/α,β-unsaturated/α-hetero) is 1. The van der Waals surface area contributed by atoms with Crippen LogP contribution >= 0.6 is 0 Å². The molecule has 0 bridgehead atoms. The summed E-state index contributed by atoms with van der Waals surface area (Å²) in [5.41, 5.74) is 3.61. The zero-order valence-electron chi connectivity index (χ0n) is 11.2. The van der Waals surface area contributed by atoms with E-state index in [9.17, 15) is 4.79 Å². The number of aliphatic hydroxyl groups excluding tert-OH is 2. The van der Waals surface area contributed by atoms with Gasteiger partial charge in [-0.3, -0.25) is 4.79 Å². The van der Waals surface area contributed by atoms with E-state index in [1.54, 1.807) is 0 Å². The molecule has 0 amide bonds. The van der Waals surface area contributed by atoms with Gasteiger partial charge in [-0.25, -0.2) is 0 Å². The highest BCUT2D eigenvalue weighted by atomic mass is 16.3. The molecule has 0 unspecified atom stereocenters. The van der Waals surface area contributed by atoms with Crippen LogP contribution in [-0.2, 0) is 30.8 Å². The van der Waals surface area contributed by atoms with E-state index in [1.807, 2.05) is 48.5 Å². The first-order valence-corrected chi connectivity index (χ1v) is 6.60. The van der Waals surface area contributed by atoms with Crippen molar-refractivity contribution in [1.82, 2.24) is 0 Å². The van der Waals surface area contributed by atoms with E-state index >= 15 is 0 Å². The number of carbonyl (C=O) groups excluding carboxylic acids is 1. The molecule has 3 nitrogen and oxygen atoms in total. The van der Waals surface area contributed by atoms with Gasteiger partial charge in [0.1, 0.15) is 5.78 Å². The lowest BCUT2D eigenvalue weighted by molar-refractivity contribution is -0.117. The Bertz CT molecular complexity index is 504. The first kappa shape index (κ1) is 14.4. The van der Waals surface area contributed by atoms with Gasteiger partial charge in [-0.2, -0.15) is 0 Å². The molecular formula is C17H18O3. The first-order chi connectivity index (χ1) is 9.71. The molecule has 20 heavy (non-hydrogen) atoms. The van der Waals surface area contributed by atoms with Crippen LogP contribution in [0.25, 0.3) is 0 Å². The molecule has 104 valence electrons. The molecule has 2 N–H and O–H groups in total. The van der Waals surface area contributed by atoms with E-state index in [0.29, 0.717) is 12.8 Å². The van der Waals surface area contributed by atoms with Gasteiger partial charge in [0.05, 0.1) is 13.2 Å². The van der Waals surface area contributed by atoms with Gasteiger partial charge >= 0.3 is 0 Å². The first-order valence-electron chi connectivity index (χ1n) is 6.60. The number of carbonyl (C=O) groups is 1. The lowest BCUT2D eigenvalue weighted by Gasteiger charge is -2.04. The molecule has 3 heteroatoms. The Labute approximate surface area is 118 Å². The monoisotopic (exact) mass is 270 g/mol. The quantitative estimate of drug-likeness (QED) is 0.844. The molecule has 2 rings (SSSR count). The van der Waals surface area contributed by atoms with E-state index in [-0.39, 0.29) is 19.0 Å². The molecule has 0 aliphatic carbocycles. The number of benzene rings is 2. The molecule has 0 aliphatic heterocycles. The molecule has 0 atom stereocenters. The summed E-state index contributed by atoms with van der Waals surface area (Å²) in [7, 11) is 0.